The van der Waals surface area contributed by atoms with Crippen LogP contribution in [0.3, 0.4) is 0 Å². The molecule has 1 atom stereocenters. The van der Waals surface area contributed by atoms with E-state index < -0.39 is 0 Å². The number of hydrogen-bond donors (Lipinski definition) is 1. The Balaban J connectivity index is 1.51. The highest BCUT2D eigenvalue weighted by molar-refractivity contribution is 6.33. The first-order chi connectivity index (χ1) is 13.1. The average Bonchev–Trinajstić information content (AvgIpc) is 2.69. The summed E-state index contributed by atoms with van der Waals surface area (Å²) in [5, 5.41) is 3.62. The van der Waals surface area contributed by atoms with Crippen molar-refractivity contribution in [1.29, 1.82) is 0 Å². The first-order valence-corrected chi connectivity index (χ1v) is 10.2. The molecule has 6 nitrogen and oxygen atoms in total. The zero-order valence-corrected chi connectivity index (χ0v) is 16.6. The molecule has 2 saturated heterocycles. The van der Waals surface area contributed by atoms with Gasteiger partial charge in [-0.3, -0.25) is 9.69 Å². The Kier molecular flexibility index (Phi) is 6.96. The Morgan fingerprint density at radius 1 is 1.19 bits per heavy atom. The summed E-state index contributed by atoms with van der Waals surface area (Å²) in [5.74, 6) is -0.107. The second-order valence-electron chi connectivity index (χ2n) is 7.20. The Morgan fingerprint density at radius 2 is 1.93 bits per heavy atom. The van der Waals surface area contributed by atoms with Gasteiger partial charge < -0.3 is 15.0 Å². The molecule has 7 heteroatoms. The van der Waals surface area contributed by atoms with Crippen LogP contribution in [0.2, 0.25) is 5.02 Å². The zero-order chi connectivity index (χ0) is 19.2. The zero-order valence-electron chi connectivity index (χ0n) is 15.8. The van der Waals surface area contributed by atoms with Gasteiger partial charge in [-0.05, 0) is 51.3 Å². The topological polar surface area (TPSA) is 61.9 Å². The maximum absolute atomic E-state index is 12.5. The van der Waals surface area contributed by atoms with Crippen molar-refractivity contribution in [2.45, 2.75) is 44.7 Å². The monoisotopic (exact) mass is 393 g/mol. The molecule has 3 rings (SSSR count). The van der Waals surface area contributed by atoms with Crippen molar-refractivity contribution in [1.82, 2.24) is 15.1 Å². The quantitative estimate of drug-likeness (QED) is 0.853. The molecule has 1 unspecified atom stereocenters. The van der Waals surface area contributed by atoms with Crippen molar-refractivity contribution in [2.75, 3.05) is 32.8 Å². The van der Waals surface area contributed by atoms with E-state index in [2.05, 4.69) is 10.2 Å². The van der Waals surface area contributed by atoms with Crippen molar-refractivity contribution in [2.24, 2.45) is 0 Å². The lowest BCUT2D eigenvalue weighted by atomic mass is 9.98. The molecular formula is C20H28ClN3O3. The number of rotatable bonds is 4. The molecule has 27 heavy (non-hydrogen) atoms. The number of benzene rings is 1. The second kappa shape index (κ2) is 9.42. The van der Waals surface area contributed by atoms with Crippen LogP contribution < -0.4 is 5.32 Å². The summed E-state index contributed by atoms with van der Waals surface area (Å²) in [6.45, 7) is 5.60. The molecule has 1 aromatic carbocycles. The number of hydrogen-bond acceptors (Lipinski definition) is 4. The van der Waals surface area contributed by atoms with Crippen LogP contribution in [-0.4, -0.2) is 66.7 Å². The van der Waals surface area contributed by atoms with E-state index in [0.717, 1.165) is 51.9 Å². The van der Waals surface area contributed by atoms with Gasteiger partial charge in [-0.1, -0.05) is 23.7 Å². The third-order valence-electron chi connectivity index (χ3n) is 5.41. The van der Waals surface area contributed by atoms with Gasteiger partial charge in [0.05, 0.1) is 17.2 Å². The van der Waals surface area contributed by atoms with Gasteiger partial charge in [0, 0.05) is 31.7 Å². The number of likely N-dealkylation sites (tertiary alicyclic amines) is 2. The van der Waals surface area contributed by atoms with E-state index in [0.29, 0.717) is 23.2 Å². The highest BCUT2D eigenvalue weighted by Crippen LogP contribution is 2.22. The third kappa shape index (κ3) is 5.14. The SMILES string of the molecule is CCOC(=O)N1CCC(N2CCCC(NC(=O)c3ccccc3Cl)C2)CC1. The summed E-state index contributed by atoms with van der Waals surface area (Å²) in [4.78, 5) is 28.6. The van der Waals surface area contributed by atoms with Crippen LogP contribution in [0.4, 0.5) is 4.79 Å². The molecule has 0 saturated carbocycles. The maximum atomic E-state index is 12.5. The highest BCUT2D eigenvalue weighted by Gasteiger charge is 2.31. The molecule has 148 valence electrons. The number of piperidine rings is 2. The molecule has 0 radical (unpaired) electrons. The molecule has 2 aliphatic heterocycles. The standard InChI is InChI=1S/C20H28ClN3O3/c1-2-27-20(26)23-12-9-16(10-13-23)24-11-5-6-15(14-24)22-19(25)17-7-3-4-8-18(17)21/h3-4,7-8,15-16H,2,5-6,9-14H2,1H3,(H,22,25). The molecule has 0 spiro atoms. The summed E-state index contributed by atoms with van der Waals surface area (Å²) in [6.07, 6.45) is 3.73. The molecule has 1 N–H and O–H groups in total. The Hall–Kier alpha value is -1.79. The number of carbonyl (C=O) groups is 2. The van der Waals surface area contributed by atoms with E-state index in [1.807, 2.05) is 19.1 Å². The molecule has 2 amide bonds. The molecule has 2 heterocycles. The van der Waals surface area contributed by atoms with Gasteiger partial charge in [-0.15, -0.1) is 0 Å². The minimum Gasteiger partial charge on any atom is -0.450 e. The Bertz CT molecular complexity index is 662. The molecular weight excluding hydrogens is 366 g/mol. The largest absolute Gasteiger partial charge is 0.450 e. The van der Waals surface area contributed by atoms with Gasteiger partial charge in [0.1, 0.15) is 0 Å². The number of ether oxygens (including phenoxy) is 1. The molecule has 0 aromatic heterocycles. The number of nitrogens with zero attached hydrogens (tertiary/aromatic N) is 2. The van der Waals surface area contributed by atoms with E-state index in [1.165, 1.54) is 0 Å². The minimum absolute atomic E-state index is 0.107. The minimum atomic E-state index is -0.209. The summed E-state index contributed by atoms with van der Waals surface area (Å²) in [7, 11) is 0. The van der Waals surface area contributed by atoms with Crippen LogP contribution >= 0.6 is 11.6 Å². The van der Waals surface area contributed by atoms with Crippen molar-refractivity contribution in [3.8, 4) is 0 Å². The summed E-state index contributed by atoms with van der Waals surface area (Å²) in [5.41, 5.74) is 0.527. The number of amides is 2. The first-order valence-electron chi connectivity index (χ1n) is 9.79. The first kappa shape index (κ1) is 20.0. The Morgan fingerprint density at radius 3 is 2.63 bits per heavy atom. The number of carbonyl (C=O) groups excluding carboxylic acids is 2. The fourth-order valence-corrected chi connectivity index (χ4v) is 4.21. The van der Waals surface area contributed by atoms with Crippen LogP contribution in [0.1, 0.15) is 43.0 Å². The molecule has 0 aliphatic carbocycles. The van der Waals surface area contributed by atoms with E-state index in [-0.39, 0.29) is 18.0 Å². The van der Waals surface area contributed by atoms with Crippen molar-refractivity contribution < 1.29 is 14.3 Å². The van der Waals surface area contributed by atoms with E-state index in [1.54, 1.807) is 17.0 Å². The lowest BCUT2D eigenvalue weighted by Crippen LogP contribution is -2.54. The van der Waals surface area contributed by atoms with E-state index in [9.17, 15) is 9.59 Å². The van der Waals surface area contributed by atoms with Crippen LogP contribution in [-0.2, 0) is 4.74 Å². The molecule has 0 bridgehead atoms. The van der Waals surface area contributed by atoms with Gasteiger partial charge in [0.15, 0.2) is 0 Å². The summed E-state index contributed by atoms with van der Waals surface area (Å²) < 4.78 is 5.09. The van der Waals surface area contributed by atoms with Gasteiger partial charge in [-0.25, -0.2) is 4.79 Å². The van der Waals surface area contributed by atoms with Crippen molar-refractivity contribution in [3.05, 3.63) is 34.9 Å². The average molecular weight is 394 g/mol. The molecule has 1 aromatic rings. The third-order valence-corrected chi connectivity index (χ3v) is 5.74. The van der Waals surface area contributed by atoms with Crippen LogP contribution in [0, 0.1) is 0 Å². The summed E-state index contributed by atoms with van der Waals surface area (Å²) in [6, 6.07) is 7.72. The normalized spacial score (nSPS) is 21.7. The van der Waals surface area contributed by atoms with Crippen LogP contribution in [0.15, 0.2) is 24.3 Å². The molecule has 2 aliphatic rings. The predicted molar refractivity (Wildman–Crippen MR) is 105 cm³/mol. The predicted octanol–water partition coefficient (Wildman–Crippen LogP) is 3.16. The lowest BCUT2D eigenvalue weighted by Gasteiger charge is -2.42. The lowest BCUT2D eigenvalue weighted by molar-refractivity contribution is 0.0601. The van der Waals surface area contributed by atoms with Crippen molar-refractivity contribution >= 4 is 23.6 Å². The second-order valence-corrected chi connectivity index (χ2v) is 7.61. The fourth-order valence-electron chi connectivity index (χ4n) is 3.99. The number of halogens is 1. The fraction of sp³-hybridized carbons (Fsp3) is 0.600. The van der Waals surface area contributed by atoms with Gasteiger partial charge in [0.25, 0.3) is 5.91 Å². The van der Waals surface area contributed by atoms with Crippen molar-refractivity contribution in [3.63, 3.8) is 0 Å². The van der Waals surface area contributed by atoms with Gasteiger partial charge in [0.2, 0.25) is 0 Å². The Labute approximate surface area is 165 Å². The van der Waals surface area contributed by atoms with Crippen LogP contribution in [0.5, 0.6) is 0 Å². The highest BCUT2D eigenvalue weighted by atomic mass is 35.5. The van der Waals surface area contributed by atoms with Gasteiger partial charge >= 0.3 is 6.09 Å². The molecule has 2 fully saturated rings. The number of nitrogens with one attached hydrogen (secondary N) is 1. The van der Waals surface area contributed by atoms with E-state index >= 15 is 0 Å². The van der Waals surface area contributed by atoms with E-state index in [4.69, 9.17) is 16.3 Å². The van der Waals surface area contributed by atoms with Gasteiger partial charge in [-0.2, -0.15) is 0 Å². The van der Waals surface area contributed by atoms with Crippen LogP contribution in [0.25, 0.3) is 0 Å². The maximum Gasteiger partial charge on any atom is 0.409 e. The summed E-state index contributed by atoms with van der Waals surface area (Å²) >= 11 is 6.14. The smallest absolute Gasteiger partial charge is 0.409 e.